The molecule has 0 unspecified atom stereocenters. The van der Waals surface area contributed by atoms with Gasteiger partial charge in [0, 0.05) is 53.9 Å². The van der Waals surface area contributed by atoms with E-state index in [1.165, 1.54) is 64.9 Å². The van der Waals surface area contributed by atoms with Crippen molar-refractivity contribution in [2.75, 3.05) is 134 Å². The second-order valence-corrected chi connectivity index (χ2v) is 37.1. The standard InChI is InChI=1S/C122H164N2O26/c1-131-113-79-93(53-61-117(125)135-5)49-57-109(113)143-69-43-33-25-17-9-13-21-29-39-65-139-103-75-97(76-104(88-103)140-66-40-30-22-14-10-18-26-34-44-70-144-110-58-50-94(80-114(110)132-2)54-62-118(126)136-6)91-149-107-85-100(122(130)148-74-48-38-37-47-73-147-121(129)99-83-101(123)87-102(124)84-99)86-108(90-107)150-92-98-77-105(141-67-41-31-23-15-11-19-27-35-45-71-145-111-59-51-95(81-115(111)133-3)55-63-119(127)137-7)89-106(78-98)142-68-42-32-24-16-12-20-28-36-46-72-146-112-60-52-96(82-116(112)134-4)56-64-120(128)138-8/h49-64,75-90H,9-48,65-74,91-92,123-124H2,1-8H3/b61-53+,62-54+,63-55+,64-56+. The third-order valence-electron chi connectivity index (χ3n) is 25.0. The van der Waals surface area contributed by atoms with Gasteiger partial charge in [0.1, 0.15) is 47.7 Å². The van der Waals surface area contributed by atoms with E-state index >= 15 is 0 Å². The molecule has 0 saturated carbocycles. The number of hydrogen-bond acceptors (Lipinski definition) is 28. The van der Waals surface area contributed by atoms with Crippen molar-refractivity contribution < 1.29 is 124 Å². The lowest BCUT2D eigenvalue weighted by molar-refractivity contribution is -0.135. The molecular weight excluding hydrogens is 1910 g/mol. The molecule has 0 atom stereocenters. The fraction of sp³-hybridized carbons (Fsp3) is 0.492. The number of methoxy groups -OCH3 is 8. The number of anilines is 2. The Morgan fingerprint density at radius 1 is 0.207 bits per heavy atom. The average Bonchev–Trinajstić information content (AvgIpc) is 0.819. The zero-order valence-corrected chi connectivity index (χ0v) is 90.0. The highest BCUT2D eigenvalue weighted by Gasteiger charge is 2.19. The predicted octanol–water partition coefficient (Wildman–Crippen LogP) is 27.2. The van der Waals surface area contributed by atoms with Crippen LogP contribution in [0.1, 0.15) is 311 Å². The number of carbonyl (C=O) groups is 6. The van der Waals surface area contributed by atoms with Gasteiger partial charge in [0.2, 0.25) is 0 Å². The van der Waals surface area contributed by atoms with Crippen LogP contribution in [0.2, 0.25) is 0 Å². The van der Waals surface area contributed by atoms with E-state index in [-0.39, 0.29) is 32.0 Å². The largest absolute Gasteiger partial charge is 0.493 e. The molecule has 28 heteroatoms. The molecule has 8 aromatic carbocycles. The first-order chi connectivity index (χ1) is 73.4. The van der Waals surface area contributed by atoms with Gasteiger partial charge < -0.3 is 106 Å². The van der Waals surface area contributed by atoms with Gasteiger partial charge >= 0.3 is 35.8 Å². The molecule has 0 radical (unpaired) electrons. The molecule has 0 aliphatic heterocycles. The lowest BCUT2D eigenvalue weighted by Crippen LogP contribution is -2.09. The maximum absolute atomic E-state index is 14.3. The fourth-order valence-electron chi connectivity index (χ4n) is 16.6. The summed E-state index contributed by atoms with van der Waals surface area (Å²) in [5, 5.41) is 0. The summed E-state index contributed by atoms with van der Waals surface area (Å²) >= 11 is 0. The third kappa shape index (κ3) is 51.5. The first-order valence-electron chi connectivity index (χ1n) is 53.8. The van der Waals surface area contributed by atoms with E-state index in [9.17, 15) is 28.8 Å². The number of unbranched alkanes of at least 4 members (excludes halogenated alkanes) is 35. The highest BCUT2D eigenvalue weighted by atomic mass is 16.6. The molecule has 0 saturated heterocycles. The zero-order chi connectivity index (χ0) is 107. The molecular formula is C122H164N2O26. The molecule has 0 aliphatic carbocycles. The number of ether oxygens (including phenoxy) is 20. The Morgan fingerprint density at radius 3 is 0.627 bits per heavy atom. The van der Waals surface area contributed by atoms with Crippen molar-refractivity contribution in [3.63, 3.8) is 0 Å². The molecule has 28 nitrogen and oxygen atoms in total. The lowest BCUT2D eigenvalue weighted by atomic mass is 10.1. The van der Waals surface area contributed by atoms with Crippen molar-refractivity contribution in [1.29, 1.82) is 0 Å². The minimum atomic E-state index is -0.541. The summed E-state index contributed by atoms with van der Waals surface area (Å²) in [6, 6.07) is 44.0. The van der Waals surface area contributed by atoms with Crippen LogP contribution in [-0.2, 0) is 60.8 Å². The molecule has 0 aliphatic rings. The summed E-state index contributed by atoms with van der Waals surface area (Å²) in [4.78, 5) is 73.6. The number of esters is 6. The molecule has 0 fully saturated rings. The van der Waals surface area contributed by atoms with Gasteiger partial charge in [0.05, 0.1) is 134 Å². The first kappa shape index (κ1) is 122. The van der Waals surface area contributed by atoms with Crippen LogP contribution in [0.25, 0.3) is 24.3 Å². The highest BCUT2D eigenvalue weighted by Crippen LogP contribution is 2.37. The van der Waals surface area contributed by atoms with Crippen LogP contribution in [0.3, 0.4) is 0 Å². The van der Waals surface area contributed by atoms with Crippen LogP contribution in [0.5, 0.6) is 80.5 Å². The highest BCUT2D eigenvalue weighted by molar-refractivity contribution is 5.92. The van der Waals surface area contributed by atoms with Crippen molar-refractivity contribution in [3.8, 4) is 80.5 Å². The van der Waals surface area contributed by atoms with Crippen LogP contribution in [0.4, 0.5) is 11.4 Å². The number of nitrogens with two attached hydrogens (primary N) is 2. The van der Waals surface area contributed by atoms with Crippen LogP contribution >= 0.6 is 0 Å². The second-order valence-electron chi connectivity index (χ2n) is 37.1. The minimum Gasteiger partial charge on any atom is -0.493 e. The Bertz CT molecular complexity index is 4830. The van der Waals surface area contributed by atoms with Crippen molar-refractivity contribution in [1.82, 2.24) is 0 Å². The van der Waals surface area contributed by atoms with E-state index in [1.54, 1.807) is 77.0 Å². The Morgan fingerprint density at radius 2 is 0.407 bits per heavy atom. The van der Waals surface area contributed by atoms with E-state index in [2.05, 4.69) is 0 Å². The SMILES string of the molecule is COC(=O)/C=C/c1ccc(OCCCCCCCCCCCOc2cc(COc3cc(OCc4cc(OCCCCCCCCCCCOc5ccc(/C=C/C(=O)OC)cc5OC)cc(OCCCCCCCCCCCOc5ccc(/C=C/C(=O)OC)cc5OC)c4)cc(C(=O)OCCCCCCOC(=O)c4cc(N)cc(N)c4)c3)cc(OCCCCCCCCCCCOc3ccc(/C=C/C(=O)OC)cc3OC)c2)c(OC)c1. The quantitative estimate of drug-likeness (QED) is 0.0118. The van der Waals surface area contributed by atoms with Crippen molar-refractivity contribution in [3.05, 3.63) is 214 Å². The van der Waals surface area contributed by atoms with E-state index in [0.29, 0.717) is 163 Å². The summed E-state index contributed by atoms with van der Waals surface area (Å²) < 4.78 is 117. The van der Waals surface area contributed by atoms with Crippen LogP contribution in [0.15, 0.2) is 170 Å². The summed E-state index contributed by atoms with van der Waals surface area (Å²) in [5.74, 6) is 5.83. The Kier molecular flexibility index (Phi) is 60.9. The number of carbonyl (C=O) groups excluding carboxylic acids is 6. The Labute approximate surface area is 889 Å². The molecule has 0 amide bonds. The van der Waals surface area contributed by atoms with Gasteiger partial charge in [0.25, 0.3) is 0 Å². The van der Waals surface area contributed by atoms with Gasteiger partial charge in [-0.05, 0) is 238 Å². The molecule has 8 aromatic rings. The molecule has 8 rings (SSSR count). The molecule has 0 aromatic heterocycles. The molecule has 0 bridgehead atoms. The monoisotopic (exact) mass is 2070 g/mol. The molecule has 150 heavy (non-hydrogen) atoms. The van der Waals surface area contributed by atoms with Gasteiger partial charge in [0.15, 0.2) is 46.0 Å². The van der Waals surface area contributed by atoms with Crippen molar-refractivity contribution in [2.45, 2.75) is 270 Å². The van der Waals surface area contributed by atoms with Crippen LogP contribution in [0, 0.1) is 0 Å². The van der Waals surface area contributed by atoms with Crippen molar-refractivity contribution >= 4 is 71.5 Å². The normalized spacial score (nSPS) is 11.2. The summed E-state index contributed by atoms with van der Waals surface area (Å²) in [6.07, 6.45) is 53.2. The Balaban J connectivity index is 0.880. The van der Waals surface area contributed by atoms with Gasteiger partial charge in [-0.25, -0.2) is 28.8 Å². The molecule has 818 valence electrons. The van der Waals surface area contributed by atoms with Gasteiger partial charge in [-0.1, -0.05) is 204 Å². The van der Waals surface area contributed by atoms with Crippen LogP contribution < -0.4 is 77.8 Å². The van der Waals surface area contributed by atoms with Gasteiger partial charge in [-0.2, -0.15) is 0 Å². The number of nitrogen functional groups attached to an aromatic ring is 2. The third-order valence-corrected chi connectivity index (χ3v) is 25.0. The minimum absolute atomic E-state index is 0.110. The van der Waals surface area contributed by atoms with E-state index in [0.717, 1.165) is 277 Å². The maximum atomic E-state index is 14.3. The smallest absolute Gasteiger partial charge is 0.338 e. The number of benzene rings is 8. The summed E-state index contributed by atoms with van der Waals surface area (Å²) in [7, 11) is 11.8. The maximum Gasteiger partial charge on any atom is 0.338 e. The molecule has 0 spiro atoms. The average molecular weight is 2070 g/mol. The van der Waals surface area contributed by atoms with E-state index in [1.807, 2.05) is 109 Å². The zero-order valence-electron chi connectivity index (χ0n) is 90.0. The first-order valence-corrected chi connectivity index (χ1v) is 53.8. The second kappa shape index (κ2) is 75.1. The molecule has 4 N–H and O–H groups in total. The van der Waals surface area contributed by atoms with Gasteiger partial charge in [-0.3, -0.25) is 0 Å². The van der Waals surface area contributed by atoms with Crippen molar-refractivity contribution in [2.24, 2.45) is 0 Å². The predicted molar refractivity (Wildman–Crippen MR) is 589 cm³/mol. The van der Waals surface area contributed by atoms with E-state index in [4.69, 9.17) is 106 Å². The topological polar surface area (TPSA) is 339 Å². The Hall–Kier alpha value is -13.7. The lowest BCUT2D eigenvalue weighted by Gasteiger charge is -2.16. The van der Waals surface area contributed by atoms with Crippen LogP contribution in [-0.4, -0.2) is 159 Å². The summed E-state index contributed by atoms with van der Waals surface area (Å²) in [5.41, 5.74) is 18.0. The number of rotatable bonds is 83. The molecule has 0 heterocycles. The fourth-order valence-corrected chi connectivity index (χ4v) is 16.6. The number of hydrogen-bond donors (Lipinski definition) is 2. The van der Waals surface area contributed by atoms with E-state index < -0.39 is 35.8 Å². The van der Waals surface area contributed by atoms with Gasteiger partial charge in [-0.15, -0.1) is 0 Å². The summed E-state index contributed by atoms with van der Waals surface area (Å²) in [6.45, 7) is 5.04.